The molecule has 2 aromatic carbocycles. The summed E-state index contributed by atoms with van der Waals surface area (Å²) in [4.78, 5) is 15.2. The summed E-state index contributed by atoms with van der Waals surface area (Å²) in [5, 5.41) is 9.81. The van der Waals surface area contributed by atoms with Crippen molar-refractivity contribution in [1.29, 1.82) is 0 Å². The molecule has 4 aromatic rings. The highest BCUT2D eigenvalue weighted by atomic mass is 35.5. The minimum atomic E-state index is -4.52. The summed E-state index contributed by atoms with van der Waals surface area (Å²) in [5.41, 5.74) is 1.41. The standard InChI is InChI=1S/C22H14ClF3N2O2/c23-19-3-1-2-18(22(24,25)26)16(19)10-14-12-28(20-8-9-27-11-17(14)20)15-6-4-13(5-7-15)21(29)30/h1-9,11-12H,10H2,(H,29,30). The summed E-state index contributed by atoms with van der Waals surface area (Å²) in [6.45, 7) is 0. The molecule has 0 radical (unpaired) electrons. The number of halogens is 4. The lowest BCUT2D eigenvalue weighted by Crippen LogP contribution is -2.10. The van der Waals surface area contributed by atoms with Gasteiger partial charge in [0.2, 0.25) is 0 Å². The molecule has 1 N–H and O–H groups in total. The van der Waals surface area contributed by atoms with Crippen molar-refractivity contribution in [3.8, 4) is 5.69 Å². The Morgan fingerprint density at radius 2 is 1.83 bits per heavy atom. The zero-order chi connectivity index (χ0) is 21.5. The number of nitrogens with zero attached hydrogens (tertiary/aromatic N) is 2. The Morgan fingerprint density at radius 1 is 1.10 bits per heavy atom. The van der Waals surface area contributed by atoms with E-state index in [1.54, 1.807) is 41.4 Å². The van der Waals surface area contributed by atoms with Crippen LogP contribution in [0.25, 0.3) is 16.6 Å². The number of aromatic carboxylic acids is 1. The molecule has 0 amide bonds. The molecule has 2 aromatic heterocycles. The van der Waals surface area contributed by atoms with Crippen molar-refractivity contribution in [2.45, 2.75) is 12.6 Å². The predicted octanol–water partition coefficient (Wildman–Crippen LogP) is 5.99. The summed E-state index contributed by atoms with van der Waals surface area (Å²) in [6, 6.07) is 11.7. The molecule has 0 atom stereocenters. The third kappa shape index (κ3) is 3.64. The van der Waals surface area contributed by atoms with Gasteiger partial charge in [-0.2, -0.15) is 13.2 Å². The molecule has 2 heterocycles. The van der Waals surface area contributed by atoms with E-state index in [9.17, 15) is 18.0 Å². The Hall–Kier alpha value is -3.32. The number of rotatable bonds is 4. The maximum atomic E-state index is 13.5. The SMILES string of the molecule is O=C(O)c1ccc(-n2cc(Cc3c(Cl)cccc3C(F)(F)F)c3cnccc32)cc1. The molecule has 30 heavy (non-hydrogen) atoms. The summed E-state index contributed by atoms with van der Waals surface area (Å²) >= 11 is 6.13. The van der Waals surface area contributed by atoms with Crippen molar-refractivity contribution in [3.05, 3.63) is 94.4 Å². The first-order valence-electron chi connectivity index (χ1n) is 8.88. The first-order chi connectivity index (χ1) is 14.3. The van der Waals surface area contributed by atoms with Crippen LogP contribution in [0.15, 0.2) is 67.1 Å². The van der Waals surface area contributed by atoms with Crippen molar-refractivity contribution >= 4 is 28.5 Å². The molecule has 0 unspecified atom stereocenters. The van der Waals surface area contributed by atoms with E-state index >= 15 is 0 Å². The Balaban J connectivity index is 1.84. The van der Waals surface area contributed by atoms with Gasteiger partial charge in [-0.05, 0) is 53.6 Å². The predicted molar refractivity (Wildman–Crippen MR) is 107 cm³/mol. The number of hydrogen-bond acceptors (Lipinski definition) is 2. The van der Waals surface area contributed by atoms with Gasteiger partial charge in [0, 0.05) is 41.1 Å². The lowest BCUT2D eigenvalue weighted by atomic mass is 9.99. The molecular weight excluding hydrogens is 417 g/mol. The third-order valence-electron chi connectivity index (χ3n) is 4.87. The van der Waals surface area contributed by atoms with E-state index in [2.05, 4.69) is 4.98 Å². The highest BCUT2D eigenvalue weighted by Crippen LogP contribution is 2.37. The largest absolute Gasteiger partial charge is 0.478 e. The summed E-state index contributed by atoms with van der Waals surface area (Å²) in [7, 11) is 0. The monoisotopic (exact) mass is 430 g/mol. The van der Waals surface area contributed by atoms with E-state index in [4.69, 9.17) is 16.7 Å². The molecule has 152 valence electrons. The number of pyridine rings is 1. The van der Waals surface area contributed by atoms with Crippen LogP contribution in [0.4, 0.5) is 13.2 Å². The third-order valence-corrected chi connectivity index (χ3v) is 5.23. The van der Waals surface area contributed by atoms with E-state index in [1.807, 2.05) is 0 Å². The molecule has 0 fully saturated rings. The van der Waals surface area contributed by atoms with Crippen molar-refractivity contribution in [2.75, 3.05) is 0 Å². The minimum absolute atomic E-state index is 0.00389. The highest BCUT2D eigenvalue weighted by molar-refractivity contribution is 6.31. The zero-order valence-corrected chi connectivity index (χ0v) is 16.1. The van der Waals surface area contributed by atoms with Gasteiger partial charge in [0.15, 0.2) is 0 Å². The van der Waals surface area contributed by atoms with Gasteiger partial charge >= 0.3 is 12.1 Å². The van der Waals surface area contributed by atoms with E-state index < -0.39 is 17.7 Å². The summed E-state index contributed by atoms with van der Waals surface area (Å²) in [6.07, 6.45) is 0.355. The number of aromatic nitrogens is 2. The summed E-state index contributed by atoms with van der Waals surface area (Å²) < 4.78 is 42.3. The zero-order valence-electron chi connectivity index (χ0n) is 15.3. The van der Waals surface area contributed by atoms with Crippen molar-refractivity contribution in [2.24, 2.45) is 0 Å². The average molecular weight is 431 g/mol. The van der Waals surface area contributed by atoms with E-state index in [1.165, 1.54) is 24.3 Å². The fraction of sp³-hybridized carbons (Fsp3) is 0.0909. The molecule has 0 aliphatic heterocycles. The second-order valence-corrected chi connectivity index (χ2v) is 7.12. The van der Waals surface area contributed by atoms with E-state index in [-0.39, 0.29) is 22.6 Å². The molecule has 0 spiro atoms. The number of alkyl halides is 3. The maximum Gasteiger partial charge on any atom is 0.416 e. The van der Waals surface area contributed by atoms with Crippen LogP contribution in [0.3, 0.4) is 0 Å². The quantitative estimate of drug-likeness (QED) is 0.433. The molecular formula is C22H14ClF3N2O2. The number of carboxylic acid groups (broad SMARTS) is 1. The molecule has 0 aliphatic rings. The Kier molecular flexibility index (Phi) is 4.99. The Labute approximate surface area is 174 Å². The van der Waals surface area contributed by atoms with Gasteiger partial charge in [-0.1, -0.05) is 17.7 Å². The topological polar surface area (TPSA) is 55.1 Å². The van der Waals surface area contributed by atoms with Gasteiger partial charge in [-0.3, -0.25) is 4.98 Å². The minimum Gasteiger partial charge on any atom is -0.478 e. The van der Waals surface area contributed by atoms with E-state index in [0.29, 0.717) is 16.6 Å². The van der Waals surface area contributed by atoms with Gasteiger partial charge in [0.05, 0.1) is 16.6 Å². The normalized spacial score (nSPS) is 11.7. The molecule has 0 saturated heterocycles. The first-order valence-corrected chi connectivity index (χ1v) is 9.26. The van der Waals surface area contributed by atoms with Crippen LogP contribution in [0.2, 0.25) is 5.02 Å². The second kappa shape index (κ2) is 7.50. The van der Waals surface area contributed by atoms with Crippen LogP contribution in [0.5, 0.6) is 0 Å². The van der Waals surface area contributed by atoms with Gasteiger partial charge in [-0.15, -0.1) is 0 Å². The van der Waals surface area contributed by atoms with Crippen LogP contribution in [-0.4, -0.2) is 20.6 Å². The fourth-order valence-electron chi connectivity index (χ4n) is 3.45. The lowest BCUT2D eigenvalue weighted by molar-refractivity contribution is -0.138. The van der Waals surface area contributed by atoms with E-state index in [0.717, 1.165) is 11.6 Å². The van der Waals surface area contributed by atoms with Crippen LogP contribution in [0.1, 0.15) is 27.0 Å². The van der Waals surface area contributed by atoms with Crippen LogP contribution >= 0.6 is 11.6 Å². The second-order valence-electron chi connectivity index (χ2n) is 6.71. The molecule has 4 rings (SSSR count). The number of hydrogen-bond donors (Lipinski definition) is 1. The number of carbonyl (C=O) groups is 1. The van der Waals surface area contributed by atoms with Gasteiger partial charge in [-0.25, -0.2) is 4.79 Å². The molecule has 0 saturated carbocycles. The average Bonchev–Trinajstić information content (AvgIpc) is 3.07. The summed E-state index contributed by atoms with van der Waals surface area (Å²) in [5.74, 6) is -1.04. The van der Waals surface area contributed by atoms with Crippen molar-refractivity contribution in [1.82, 2.24) is 9.55 Å². The van der Waals surface area contributed by atoms with Crippen LogP contribution < -0.4 is 0 Å². The lowest BCUT2D eigenvalue weighted by Gasteiger charge is -2.14. The van der Waals surface area contributed by atoms with Gasteiger partial charge in [0.25, 0.3) is 0 Å². The van der Waals surface area contributed by atoms with Crippen molar-refractivity contribution < 1.29 is 23.1 Å². The van der Waals surface area contributed by atoms with Crippen LogP contribution in [0, 0.1) is 0 Å². The number of carboxylic acids is 1. The fourth-order valence-corrected chi connectivity index (χ4v) is 3.69. The molecule has 0 aliphatic carbocycles. The van der Waals surface area contributed by atoms with Crippen LogP contribution in [-0.2, 0) is 12.6 Å². The van der Waals surface area contributed by atoms with Gasteiger partial charge in [0.1, 0.15) is 0 Å². The maximum absolute atomic E-state index is 13.5. The number of fused-ring (bicyclic) bond motifs is 1. The van der Waals surface area contributed by atoms with Gasteiger partial charge < -0.3 is 9.67 Å². The smallest absolute Gasteiger partial charge is 0.416 e. The molecule has 4 nitrogen and oxygen atoms in total. The number of benzene rings is 2. The highest BCUT2D eigenvalue weighted by Gasteiger charge is 2.34. The van der Waals surface area contributed by atoms with Crippen molar-refractivity contribution in [3.63, 3.8) is 0 Å². The molecule has 0 bridgehead atoms. The Morgan fingerprint density at radius 3 is 2.50 bits per heavy atom. The molecule has 8 heteroatoms. The Bertz CT molecular complexity index is 1250. The first kappa shape index (κ1) is 20.0.